The van der Waals surface area contributed by atoms with Crippen LogP contribution in [0.4, 0.5) is 0 Å². The maximum absolute atomic E-state index is 12.7. The van der Waals surface area contributed by atoms with E-state index in [0.717, 1.165) is 22.3 Å². The Kier molecular flexibility index (Phi) is 11.2. The van der Waals surface area contributed by atoms with Gasteiger partial charge in [-0.2, -0.15) is 0 Å². The normalized spacial score (nSPS) is 17.1. The molecule has 1 unspecified atom stereocenters. The summed E-state index contributed by atoms with van der Waals surface area (Å²) >= 11 is 6.23. The van der Waals surface area contributed by atoms with Crippen LogP contribution in [0.2, 0.25) is 5.02 Å². The Morgan fingerprint density at radius 1 is 0.923 bits per heavy atom. The Balaban J connectivity index is 1.06. The minimum atomic E-state index is -0.565. The molecule has 0 aliphatic carbocycles. The number of aromatic nitrogens is 3. The number of nitrogens with one attached hydrogen (secondary N) is 2. The highest BCUT2D eigenvalue weighted by Gasteiger charge is 2.51. The van der Waals surface area contributed by atoms with E-state index in [1.165, 1.54) is 0 Å². The van der Waals surface area contributed by atoms with Gasteiger partial charge < -0.3 is 29.4 Å². The Morgan fingerprint density at radius 2 is 1.63 bits per heavy atom. The van der Waals surface area contributed by atoms with Gasteiger partial charge in [-0.25, -0.2) is 0 Å². The molecular weight excluding hydrogens is 683 g/mol. The van der Waals surface area contributed by atoms with Crippen molar-refractivity contribution in [3.05, 3.63) is 100 Å². The van der Waals surface area contributed by atoms with Gasteiger partial charge in [-0.15, -0.1) is 10.2 Å². The van der Waals surface area contributed by atoms with Gasteiger partial charge in [0.05, 0.1) is 42.2 Å². The number of halogens is 1. The number of hydrogen-bond acceptors (Lipinski definition) is 9. The van der Waals surface area contributed by atoms with Crippen molar-refractivity contribution < 1.29 is 28.4 Å². The summed E-state index contributed by atoms with van der Waals surface area (Å²) in [4.78, 5) is 30.6. The number of fused-ring (bicyclic) bond motifs is 3. The molecule has 3 heterocycles. The molecule has 2 amide bonds. The van der Waals surface area contributed by atoms with Crippen molar-refractivity contribution in [1.29, 1.82) is 0 Å². The first kappa shape index (κ1) is 37.2. The van der Waals surface area contributed by atoms with Crippen molar-refractivity contribution in [2.45, 2.75) is 65.2 Å². The molecule has 14 heteroatoms. The van der Waals surface area contributed by atoms with E-state index >= 15 is 0 Å². The maximum Gasteiger partial charge on any atom is 0.494 e. The number of carbonyl (C=O) groups is 2. The molecule has 3 aromatic carbocycles. The Bertz CT molecular complexity index is 1930. The lowest BCUT2D eigenvalue weighted by Crippen LogP contribution is -2.41. The molecular formula is C38H44BClN6O6. The fraction of sp³-hybridized carbons (Fsp3) is 0.395. The maximum atomic E-state index is 12.7. The SMILES string of the molecule is CCNC(=O)CC1N=C(c2ccc(Cl)cc2)c2cc(OCCOCCNC(=O)c3ccc(B4OC(C)(C)C(C)(C)O4)cc3)ccc2-n2c(C)nnc21. The molecule has 1 atom stereocenters. The number of ether oxygens (including phenoxy) is 2. The lowest BCUT2D eigenvalue weighted by Gasteiger charge is -2.32. The summed E-state index contributed by atoms with van der Waals surface area (Å²) in [6, 6.07) is 19.9. The van der Waals surface area contributed by atoms with Crippen molar-refractivity contribution in [2.75, 3.05) is 32.9 Å². The highest BCUT2D eigenvalue weighted by Crippen LogP contribution is 2.37. The Hall–Kier alpha value is -4.56. The van der Waals surface area contributed by atoms with Crippen LogP contribution in [-0.2, 0) is 18.8 Å². The molecule has 0 radical (unpaired) electrons. The van der Waals surface area contributed by atoms with Gasteiger partial charge in [-0.1, -0.05) is 35.9 Å². The first-order valence-corrected chi connectivity index (χ1v) is 17.9. The second-order valence-corrected chi connectivity index (χ2v) is 14.1. The average molecular weight is 727 g/mol. The van der Waals surface area contributed by atoms with Crippen LogP contribution < -0.4 is 20.8 Å². The Labute approximate surface area is 309 Å². The monoisotopic (exact) mass is 726 g/mol. The molecule has 0 spiro atoms. The predicted octanol–water partition coefficient (Wildman–Crippen LogP) is 4.77. The summed E-state index contributed by atoms with van der Waals surface area (Å²) in [6.45, 7) is 13.6. The van der Waals surface area contributed by atoms with Crippen LogP contribution in [0.5, 0.6) is 5.75 Å². The fourth-order valence-corrected chi connectivity index (χ4v) is 6.14. The smallest absolute Gasteiger partial charge is 0.491 e. The standard InChI is InChI=1S/C38H44BClN6O6/c1-7-41-33(47)23-31-35-45-44-24(2)46(35)32-17-16-29(22-30(32)34(43-31)25-10-14-28(40)15-11-25)50-21-20-49-19-18-42-36(48)26-8-12-27(13-9-26)39-51-37(3,4)38(5,6)52-39/h8-17,22,31H,7,18-21,23H2,1-6H3,(H,41,47)(H,42,48). The van der Waals surface area contributed by atoms with Gasteiger partial charge in [0.25, 0.3) is 5.91 Å². The first-order valence-electron chi connectivity index (χ1n) is 17.5. The van der Waals surface area contributed by atoms with Gasteiger partial charge >= 0.3 is 7.12 Å². The van der Waals surface area contributed by atoms with Crippen LogP contribution in [-0.4, -0.2) is 83.5 Å². The number of aryl methyl sites for hydroxylation is 1. The van der Waals surface area contributed by atoms with E-state index in [1.54, 1.807) is 12.1 Å². The van der Waals surface area contributed by atoms with Crippen LogP contribution in [0.25, 0.3) is 5.69 Å². The second kappa shape index (κ2) is 15.6. The average Bonchev–Trinajstić information content (AvgIpc) is 3.55. The first-order chi connectivity index (χ1) is 24.9. The molecule has 2 aliphatic rings. The van der Waals surface area contributed by atoms with Gasteiger partial charge in [-0.05, 0) is 89.5 Å². The largest absolute Gasteiger partial charge is 0.494 e. The third-order valence-corrected chi connectivity index (χ3v) is 9.75. The topological polar surface area (TPSA) is 138 Å². The van der Waals surface area contributed by atoms with Crippen molar-refractivity contribution in [3.63, 3.8) is 0 Å². The van der Waals surface area contributed by atoms with Gasteiger partial charge in [0.1, 0.15) is 24.2 Å². The van der Waals surface area contributed by atoms with E-state index in [-0.39, 0.29) is 24.8 Å². The highest BCUT2D eigenvalue weighted by atomic mass is 35.5. The van der Waals surface area contributed by atoms with E-state index in [0.29, 0.717) is 60.0 Å². The van der Waals surface area contributed by atoms with E-state index in [2.05, 4.69) is 20.8 Å². The molecule has 2 N–H and O–H groups in total. The molecule has 6 rings (SSSR count). The summed E-state index contributed by atoms with van der Waals surface area (Å²) < 4.78 is 26.0. The molecule has 2 aliphatic heterocycles. The van der Waals surface area contributed by atoms with Crippen molar-refractivity contribution in [1.82, 2.24) is 25.4 Å². The zero-order valence-electron chi connectivity index (χ0n) is 30.4. The van der Waals surface area contributed by atoms with Crippen LogP contribution in [0, 0.1) is 6.92 Å². The van der Waals surface area contributed by atoms with E-state index in [9.17, 15) is 9.59 Å². The van der Waals surface area contributed by atoms with Crippen LogP contribution in [0.15, 0.2) is 71.7 Å². The number of hydrogen-bond donors (Lipinski definition) is 2. The summed E-state index contributed by atoms with van der Waals surface area (Å²) in [7, 11) is -0.481. The number of rotatable bonds is 13. The third-order valence-electron chi connectivity index (χ3n) is 9.49. The van der Waals surface area contributed by atoms with Crippen LogP contribution in [0.3, 0.4) is 0 Å². The summed E-state index contributed by atoms with van der Waals surface area (Å²) in [5, 5.41) is 15.1. The van der Waals surface area contributed by atoms with E-state index in [1.807, 2.05) is 101 Å². The number of amides is 2. The molecule has 4 aromatic rings. The molecule has 1 saturated heterocycles. The molecule has 0 saturated carbocycles. The molecule has 0 bridgehead atoms. The number of aliphatic imine (C=N–C) groups is 1. The number of benzene rings is 3. The quantitative estimate of drug-likeness (QED) is 0.149. The molecule has 52 heavy (non-hydrogen) atoms. The van der Waals surface area contributed by atoms with Crippen molar-refractivity contribution >= 4 is 41.7 Å². The lowest BCUT2D eigenvalue weighted by atomic mass is 9.79. The third kappa shape index (κ3) is 8.07. The van der Waals surface area contributed by atoms with Crippen molar-refractivity contribution in [3.8, 4) is 11.4 Å². The van der Waals surface area contributed by atoms with Gasteiger partial charge in [-0.3, -0.25) is 19.1 Å². The van der Waals surface area contributed by atoms with Crippen molar-refractivity contribution in [2.24, 2.45) is 4.99 Å². The minimum Gasteiger partial charge on any atom is -0.491 e. The van der Waals surface area contributed by atoms with Crippen LogP contribution in [0.1, 0.15) is 80.2 Å². The van der Waals surface area contributed by atoms with E-state index < -0.39 is 24.4 Å². The Morgan fingerprint density at radius 3 is 2.33 bits per heavy atom. The lowest BCUT2D eigenvalue weighted by molar-refractivity contribution is -0.121. The van der Waals surface area contributed by atoms with Crippen LogP contribution >= 0.6 is 11.6 Å². The number of carbonyl (C=O) groups excluding carboxylic acids is 2. The second-order valence-electron chi connectivity index (χ2n) is 13.7. The zero-order chi connectivity index (χ0) is 37.0. The van der Waals surface area contributed by atoms with Gasteiger partial charge in [0.2, 0.25) is 5.91 Å². The van der Waals surface area contributed by atoms with E-state index in [4.69, 9.17) is 35.4 Å². The predicted molar refractivity (Wildman–Crippen MR) is 200 cm³/mol. The zero-order valence-corrected chi connectivity index (χ0v) is 31.1. The van der Waals surface area contributed by atoms with Gasteiger partial charge in [0.15, 0.2) is 5.82 Å². The highest BCUT2D eigenvalue weighted by molar-refractivity contribution is 6.62. The fourth-order valence-electron chi connectivity index (χ4n) is 6.01. The minimum absolute atomic E-state index is 0.118. The molecule has 1 fully saturated rings. The summed E-state index contributed by atoms with van der Waals surface area (Å²) in [5.41, 5.74) is 3.69. The number of nitrogens with zero attached hydrogens (tertiary/aromatic N) is 4. The summed E-state index contributed by atoms with van der Waals surface area (Å²) in [5.74, 6) is 1.57. The molecule has 12 nitrogen and oxygen atoms in total. The summed E-state index contributed by atoms with van der Waals surface area (Å²) in [6.07, 6.45) is 0.118. The molecule has 272 valence electrons. The van der Waals surface area contributed by atoms with Gasteiger partial charge in [0, 0.05) is 34.8 Å². The molecule has 1 aromatic heterocycles.